The molecular formula is C12H17Cl2N3O. The molecule has 0 spiro atoms. The maximum atomic E-state index is 12.0. The van der Waals surface area contributed by atoms with Crippen LogP contribution < -0.4 is 16.5 Å². The second kappa shape index (κ2) is 7.97. The van der Waals surface area contributed by atoms with Crippen LogP contribution in [0.15, 0.2) is 35.3 Å². The molecule has 0 radical (unpaired) electrons. The van der Waals surface area contributed by atoms with Gasteiger partial charge in [0.1, 0.15) is 0 Å². The molecule has 4 nitrogen and oxygen atoms in total. The molecule has 2 rings (SSSR count). The van der Waals surface area contributed by atoms with Crippen molar-refractivity contribution >= 4 is 41.4 Å². The van der Waals surface area contributed by atoms with Crippen LogP contribution in [0.4, 0.5) is 5.69 Å². The van der Waals surface area contributed by atoms with Gasteiger partial charge in [-0.05, 0) is 25.1 Å². The molecule has 0 aliphatic heterocycles. The van der Waals surface area contributed by atoms with Crippen molar-refractivity contribution in [3.05, 3.63) is 40.7 Å². The molecule has 0 aliphatic carbocycles. The van der Waals surface area contributed by atoms with Crippen LogP contribution in [-0.4, -0.2) is 18.1 Å². The van der Waals surface area contributed by atoms with Gasteiger partial charge in [-0.15, -0.1) is 24.8 Å². The molecule has 0 unspecified atom stereocenters. The highest BCUT2D eigenvalue weighted by molar-refractivity contribution is 5.85. The average molecular weight is 290 g/mol. The Morgan fingerprint density at radius 1 is 1.22 bits per heavy atom. The van der Waals surface area contributed by atoms with Gasteiger partial charge in [-0.3, -0.25) is 4.79 Å². The molecule has 0 bridgehead atoms. The van der Waals surface area contributed by atoms with Crippen LogP contribution in [-0.2, 0) is 0 Å². The zero-order valence-electron chi connectivity index (χ0n) is 9.81. The number of nitrogens with two attached hydrogens (primary N) is 1. The molecule has 6 heteroatoms. The minimum Gasteiger partial charge on any atom is -0.381 e. The van der Waals surface area contributed by atoms with E-state index in [1.807, 2.05) is 24.3 Å². The summed E-state index contributed by atoms with van der Waals surface area (Å²) in [5.41, 5.74) is 6.89. The Bertz CT molecular complexity index is 542. The van der Waals surface area contributed by atoms with Crippen LogP contribution in [0, 0.1) is 0 Å². The number of benzene rings is 1. The van der Waals surface area contributed by atoms with Crippen molar-refractivity contribution in [3.63, 3.8) is 0 Å². The maximum absolute atomic E-state index is 12.0. The SMILES string of the molecule is Cl.Cl.NCCCNc1c[nH]c2ccccc2c1=O. The van der Waals surface area contributed by atoms with Crippen LogP contribution in [0.25, 0.3) is 10.9 Å². The zero-order chi connectivity index (χ0) is 11.4. The van der Waals surface area contributed by atoms with Gasteiger partial charge in [-0.1, -0.05) is 12.1 Å². The number of hydrogen-bond acceptors (Lipinski definition) is 3. The van der Waals surface area contributed by atoms with E-state index in [2.05, 4.69) is 10.3 Å². The molecule has 0 amide bonds. The molecule has 1 aromatic heterocycles. The lowest BCUT2D eigenvalue weighted by Gasteiger charge is -2.05. The zero-order valence-corrected chi connectivity index (χ0v) is 11.4. The van der Waals surface area contributed by atoms with E-state index < -0.39 is 0 Å². The van der Waals surface area contributed by atoms with Crippen LogP contribution >= 0.6 is 24.8 Å². The van der Waals surface area contributed by atoms with E-state index in [0.717, 1.165) is 18.5 Å². The lowest BCUT2D eigenvalue weighted by Crippen LogP contribution is -2.15. The van der Waals surface area contributed by atoms with Crippen molar-refractivity contribution < 1.29 is 0 Å². The maximum Gasteiger partial charge on any atom is 0.212 e. The molecule has 0 atom stereocenters. The third kappa shape index (κ3) is 3.63. The summed E-state index contributed by atoms with van der Waals surface area (Å²) in [6, 6.07) is 7.48. The molecule has 0 saturated carbocycles. The number of hydrogen-bond donors (Lipinski definition) is 3. The molecule has 4 N–H and O–H groups in total. The third-order valence-corrected chi connectivity index (χ3v) is 2.48. The van der Waals surface area contributed by atoms with Gasteiger partial charge in [0.25, 0.3) is 0 Å². The fraction of sp³-hybridized carbons (Fsp3) is 0.250. The first kappa shape index (κ1) is 16.8. The van der Waals surface area contributed by atoms with Crippen LogP contribution in [0.2, 0.25) is 0 Å². The third-order valence-electron chi connectivity index (χ3n) is 2.48. The second-order valence-corrected chi connectivity index (χ2v) is 3.65. The Balaban J connectivity index is 0.00000144. The van der Waals surface area contributed by atoms with E-state index in [9.17, 15) is 4.79 Å². The number of anilines is 1. The Morgan fingerprint density at radius 3 is 2.67 bits per heavy atom. The monoisotopic (exact) mass is 289 g/mol. The topological polar surface area (TPSA) is 70.9 Å². The average Bonchev–Trinajstić information content (AvgIpc) is 2.33. The van der Waals surface area contributed by atoms with Crippen LogP contribution in [0.5, 0.6) is 0 Å². The Kier molecular flexibility index (Phi) is 7.43. The van der Waals surface area contributed by atoms with Gasteiger partial charge < -0.3 is 16.0 Å². The van der Waals surface area contributed by atoms with Gasteiger partial charge in [0.05, 0.1) is 5.69 Å². The van der Waals surface area contributed by atoms with E-state index in [1.165, 1.54) is 0 Å². The summed E-state index contributed by atoms with van der Waals surface area (Å²) in [5.74, 6) is 0. The number of aromatic nitrogens is 1. The van der Waals surface area contributed by atoms with Gasteiger partial charge in [-0.25, -0.2) is 0 Å². The van der Waals surface area contributed by atoms with Crippen molar-refractivity contribution in [1.82, 2.24) is 4.98 Å². The lowest BCUT2D eigenvalue weighted by atomic mass is 10.2. The van der Waals surface area contributed by atoms with E-state index in [4.69, 9.17) is 5.73 Å². The summed E-state index contributed by atoms with van der Waals surface area (Å²) in [6.45, 7) is 1.34. The first-order valence-corrected chi connectivity index (χ1v) is 5.37. The summed E-state index contributed by atoms with van der Waals surface area (Å²) in [6.07, 6.45) is 2.56. The van der Waals surface area contributed by atoms with Gasteiger partial charge in [0.2, 0.25) is 5.43 Å². The number of rotatable bonds is 4. The van der Waals surface area contributed by atoms with Crippen molar-refractivity contribution in [1.29, 1.82) is 0 Å². The highest BCUT2D eigenvalue weighted by atomic mass is 35.5. The molecule has 1 aromatic carbocycles. The molecule has 0 fully saturated rings. The van der Waals surface area contributed by atoms with Crippen molar-refractivity contribution in [2.75, 3.05) is 18.4 Å². The highest BCUT2D eigenvalue weighted by Gasteiger charge is 2.02. The number of para-hydroxylation sites is 1. The number of fused-ring (bicyclic) bond motifs is 1. The first-order chi connectivity index (χ1) is 7.83. The van der Waals surface area contributed by atoms with E-state index >= 15 is 0 Å². The van der Waals surface area contributed by atoms with Crippen LogP contribution in [0.3, 0.4) is 0 Å². The smallest absolute Gasteiger partial charge is 0.212 e. The Labute approximate surface area is 118 Å². The first-order valence-electron chi connectivity index (χ1n) is 5.37. The van der Waals surface area contributed by atoms with Gasteiger partial charge >= 0.3 is 0 Å². The second-order valence-electron chi connectivity index (χ2n) is 3.65. The molecule has 0 saturated heterocycles. The summed E-state index contributed by atoms with van der Waals surface area (Å²) < 4.78 is 0. The Morgan fingerprint density at radius 2 is 1.94 bits per heavy atom. The van der Waals surface area contributed by atoms with E-state index in [-0.39, 0.29) is 30.2 Å². The lowest BCUT2D eigenvalue weighted by molar-refractivity contribution is 0.873. The summed E-state index contributed by atoms with van der Waals surface area (Å²) in [5, 5.41) is 3.79. The van der Waals surface area contributed by atoms with E-state index in [1.54, 1.807) is 6.20 Å². The summed E-state index contributed by atoms with van der Waals surface area (Å²) in [7, 11) is 0. The molecule has 0 aliphatic rings. The van der Waals surface area contributed by atoms with E-state index in [0.29, 0.717) is 17.6 Å². The number of H-pyrrole nitrogens is 1. The van der Waals surface area contributed by atoms with Gasteiger partial charge in [-0.2, -0.15) is 0 Å². The molecule has 18 heavy (non-hydrogen) atoms. The van der Waals surface area contributed by atoms with Crippen molar-refractivity contribution in [2.45, 2.75) is 6.42 Å². The number of nitrogens with one attached hydrogen (secondary N) is 2. The summed E-state index contributed by atoms with van der Waals surface area (Å²) in [4.78, 5) is 15.1. The molecule has 2 aromatic rings. The largest absolute Gasteiger partial charge is 0.381 e. The predicted molar refractivity (Wildman–Crippen MR) is 81.2 cm³/mol. The minimum atomic E-state index is 0. The summed E-state index contributed by atoms with van der Waals surface area (Å²) >= 11 is 0. The van der Waals surface area contributed by atoms with Crippen molar-refractivity contribution in [3.8, 4) is 0 Å². The molecule has 1 heterocycles. The normalized spacial score (nSPS) is 9.39. The molecule has 100 valence electrons. The number of pyridine rings is 1. The number of halogens is 2. The quantitative estimate of drug-likeness (QED) is 0.755. The minimum absolute atomic E-state index is 0. The van der Waals surface area contributed by atoms with Gasteiger partial charge in [0, 0.05) is 23.6 Å². The predicted octanol–water partition coefficient (Wildman–Crippen LogP) is 2.13. The highest BCUT2D eigenvalue weighted by Crippen LogP contribution is 2.09. The Hall–Kier alpha value is -1.23. The number of aromatic amines is 1. The van der Waals surface area contributed by atoms with Crippen molar-refractivity contribution in [2.24, 2.45) is 5.73 Å². The van der Waals surface area contributed by atoms with Crippen LogP contribution in [0.1, 0.15) is 6.42 Å². The fourth-order valence-corrected chi connectivity index (χ4v) is 1.62. The standard InChI is InChI=1S/C12H15N3O.2ClH/c13-6-3-7-14-11-8-15-10-5-2-1-4-9(10)12(11)16;;/h1-2,4-5,8,14H,3,6-7,13H2,(H,15,16);2*1H. The molecular weight excluding hydrogens is 273 g/mol. The van der Waals surface area contributed by atoms with Gasteiger partial charge in [0.15, 0.2) is 0 Å². The fourth-order valence-electron chi connectivity index (χ4n) is 1.62.